The van der Waals surface area contributed by atoms with Crippen LogP contribution in [-0.4, -0.2) is 24.5 Å². The molecule has 0 heterocycles. The van der Waals surface area contributed by atoms with Crippen LogP contribution in [0.1, 0.15) is 0 Å². The summed E-state index contributed by atoms with van der Waals surface area (Å²) in [5.41, 5.74) is 1.63. The van der Waals surface area contributed by atoms with Crippen molar-refractivity contribution in [1.82, 2.24) is 5.43 Å². The topological polar surface area (TPSA) is 117 Å². The summed E-state index contributed by atoms with van der Waals surface area (Å²) >= 11 is 0. The molecule has 0 aromatic heterocycles. The monoisotopic (exact) mass is 241 g/mol. The van der Waals surface area contributed by atoms with Gasteiger partial charge >= 0.3 is 5.69 Å². The number of hydrogen-bond acceptors (Lipinski definition) is 6. The normalized spacial score (nSPS) is 9.53. The van der Waals surface area contributed by atoms with E-state index in [2.05, 4.69) is 0 Å². The van der Waals surface area contributed by atoms with Crippen LogP contribution in [0.25, 0.3) is 0 Å². The van der Waals surface area contributed by atoms with E-state index in [-0.39, 0.29) is 23.8 Å². The highest BCUT2D eigenvalue weighted by Gasteiger charge is 2.16. The van der Waals surface area contributed by atoms with Crippen LogP contribution in [0, 0.1) is 10.1 Å². The number of benzene rings is 1. The molecule has 92 valence electrons. The molecule has 0 atom stereocenters. The van der Waals surface area contributed by atoms with E-state index in [1.165, 1.54) is 25.3 Å². The predicted octanol–water partition coefficient (Wildman–Crippen LogP) is -0.0279. The summed E-state index contributed by atoms with van der Waals surface area (Å²) in [7, 11) is 1.32. The van der Waals surface area contributed by atoms with Gasteiger partial charge in [-0.15, -0.1) is 0 Å². The Labute approximate surface area is 96.4 Å². The molecule has 1 amide bonds. The second kappa shape index (κ2) is 5.66. The van der Waals surface area contributed by atoms with E-state index in [1.807, 2.05) is 5.43 Å². The first kappa shape index (κ1) is 12.7. The number of carbonyl (C=O) groups excluding carboxylic acids is 1. The summed E-state index contributed by atoms with van der Waals surface area (Å²) in [6.45, 7) is -0.319. The van der Waals surface area contributed by atoms with Crippen LogP contribution in [0.4, 0.5) is 5.69 Å². The molecule has 0 saturated heterocycles. The van der Waals surface area contributed by atoms with Crippen LogP contribution in [0.15, 0.2) is 18.2 Å². The van der Waals surface area contributed by atoms with Crippen molar-refractivity contribution in [2.24, 2.45) is 5.84 Å². The fourth-order valence-corrected chi connectivity index (χ4v) is 1.09. The van der Waals surface area contributed by atoms with Crippen molar-refractivity contribution in [2.45, 2.75) is 0 Å². The van der Waals surface area contributed by atoms with Gasteiger partial charge in [0.05, 0.1) is 18.1 Å². The van der Waals surface area contributed by atoms with Gasteiger partial charge in [-0.25, -0.2) is 5.84 Å². The maximum atomic E-state index is 10.8. The molecule has 0 saturated carbocycles. The smallest absolute Gasteiger partial charge is 0.314 e. The van der Waals surface area contributed by atoms with E-state index in [0.717, 1.165) is 0 Å². The molecular formula is C9H11N3O5. The molecule has 1 rings (SSSR count). The van der Waals surface area contributed by atoms with Gasteiger partial charge in [0.2, 0.25) is 0 Å². The van der Waals surface area contributed by atoms with Crippen molar-refractivity contribution in [1.29, 1.82) is 0 Å². The minimum Gasteiger partial charge on any atom is -0.490 e. The quantitative estimate of drug-likeness (QED) is 0.323. The third-order valence-corrected chi connectivity index (χ3v) is 1.88. The van der Waals surface area contributed by atoms with Crippen molar-refractivity contribution in [2.75, 3.05) is 13.7 Å². The number of nitro groups is 1. The Kier molecular flexibility index (Phi) is 4.23. The first-order chi connectivity index (χ1) is 8.08. The molecule has 3 N–H and O–H groups in total. The predicted molar refractivity (Wildman–Crippen MR) is 57.5 cm³/mol. The van der Waals surface area contributed by atoms with E-state index >= 15 is 0 Å². The molecule has 0 aliphatic rings. The molecule has 8 nitrogen and oxygen atoms in total. The lowest BCUT2D eigenvalue weighted by atomic mass is 10.3. The number of nitrogens with zero attached hydrogens (tertiary/aromatic N) is 1. The molecule has 1 aromatic rings. The third kappa shape index (κ3) is 3.31. The zero-order valence-corrected chi connectivity index (χ0v) is 9.00. The lowest BCUT2D eigenvalue weighted by Gasteiger charge is -2.06. The van der Waals surface area contributed by atoms with Gasteiger partial charge in [0.1, 0.15) is 5.75 Å². The summed E-state index contributed by atoms with van der Waals surface area (Å²) in [5, 5.41) is 10.7. The van der Waals surface area contributed by atoms with Crippen LogP contribution >= 0.6 is 0 Å². The van der Waals surface area contributed by atoms with Crippen molar-refractivity contribution in [3.8, 4) is 11.5 Å². The van der Waals surface area contributed by atoms with Gasteiger partial charge in [-0.1, -0.05) is 0 Å². The number of hydrogen-bond donors (Lipinski definition) is 2. The van der Waals surface area contributed by atoms with E-state index in [9.17, 15) is 14.9 Å². The number of amides is 1. The van der Waals surface area contributed by atoms with Gasteiger partial charge in [0, 0.05) is 0 Å². The molecule has 17 heavy (non-hydrogen) atoms. The second-order valence-corrected chi connectivity index (χ2v) is 2.95. The molecule has 0 spiro atoms. The minimum atomic E-state index is -0.602. The number of nitro benzene ring substituents is 1. The number of ether oxygens (including phenoxy) is 2. The van der Waals surface area contributed by atoms with Crippen LogP contribution in [-0.2, 0) is 4.79 Å². The average Bonchev–Trinajstić information content (AvgIpc) is 2.35. The number of hydrazine groups is 1. The van der Waals surface area contributed by atoms with Crippen LogP contribution in [0.5, 0.6) is 11.5 Å². The summed E-state index contributed by atoms with van der Waals surface area (Å²) in [6.07, 6.45) is 0. The van der Waals surface area contributed by atoms with E-state index in [4.69, 9.17) is 15.3 Å². The largest absolute Gasteiger partial charge is 0.490 e. The van der Waals surface area contributed by atoms with Crippen molar-refractivity contribution < 1.29 is 19.2 Å². The SMILES string of the molecule is COc1ccc(OCC(=O)NN)cc1[N+](=O)[O-]. The van der Waals surface area contributed by atoms with Gasteiger partial charge in [-0.05, 0) is 12.1 Å². The summed E-state index contributed by atoms with van der Waals surface area (Å²) in [4.78, 5) is 20.9. The number of nitrogens with two attached hydrogens (primary N) is 1. The van der Waals surface area contributed by atoms with Crippen LogP contribution in [0.2, 0.25) is 0 Å². The highest BCUT2D eigenvalue weighted by atomic mass is 16.6. The maximum Gasteiger partial charge on any atom is 0.314 e. The van der Waals surface area contributed by atoms with E-state index in [0.29, 0.717) is 0 Å². The zero-order chi connectivity index (χ0) is 12.8. The molecular weight excluding hydrogens is 230 g/mol. The number of methoxy groups -OCH3 is 1. The highest BCUT2D eigenvalue weighted by molar-refractivity contribution is 5.76. The summed E-state index contributed by atoms with van der Waals surface area (Å²) in [6, 6.07) is 4.01. The Hall–Kier alpha value is -2.35. The first-order valence-electron chi connectivity index (χ1n) is 4.53. The van der Waals surface area contributed by atoms with Gasteiger partial charge in [0.25, 0.3) is 5.91 Å². The molecule has 0 aliphatic heterocycles. The Morgan fingerprint density at radius 2 is 2.29 bits per heavy atom. The Balaban J connectivity index is 2.85. The van der Waals surface area contributed by atoms with E-state index in [1.54, 1.807) is 0 Å². The highest BCUT2D eigenvalue weighted by Crippen LogP contribution is 2.30. The minimum absolute atomic E-state index is 0.116. The summed E-state index contributed by atoms with van der Waals surface area (Å²) in [5.74, 6) is 4.61. The van der Waals surface area contributed by atoms with E-state index < -0.39 is 10.8 Å². The molecule has 0 bridgehead atoms. The van der Waals surface area contributed by atoms with Crippen molar-refractivity contribution >= 4 is 11.6 Å². The molecule has 1 aromatic carbocycles. The molecule has 0 aliphatic carbocycles. The lowest BCUT2D eigenvalue weighted by Crippen LogP contribution is -2.34. The van der Waals surface area contributed by atoms with Crippen molar-refractivity contribution in [3.63, 3.8) is 0 Å². The molecule has 0 radical (unpaired) electrons. The lowest BCUT2D eigenvalue weighted by molar-refractivity contribution is -0.385. The van der Waals surface area contributed by atoms with Gasteiger partial charge in [0.15, 0.2) is 12.4 Å². The first-order valence-corrected chi connectivity index (χ1v) is 4.53. The number of carbonyl (C=O) groups is 1. The molecule has 8 heteroatoms. The third-order valence-electron chi connectivity index (χ3n) is 1.88. The zero-order valence-electron chi connectivity index (χ0n) is 9.00. The Morgan fingerprint density at radius 1 is 1.59 bits per heavy atom. The second-order valence-electron chi connectivity index (χ2n) is 2.95. The Bertz CT molecular complexity index is 435. The molecule has 0 unspecified atom stereocenters. The summed E-state index contributed by atoms with van der Waals surface area (Å²) < 4.78 is 9.81. The van der Waals surface area contributed by atoms with Crippen LogP contribution < -0.4 is 20.7 Å². The fourth-order valence-electron chi connectivity index (χ4n) is 1.09. The number of nitrogens with one attached hydrogen (secondary N) is 1. The van der Waals surface area contributed by atoms with Gasteiger partial charge in [-0.3, -0.25) is 20.3 Å². The Morgan fingerprint density at radius 3 is 2.82 bits per heavy atom. The number of rotatable bonds is 5. The average molecular weight is 241 g/mol. The molecule has 0 fully saturated rings. The van der Waals surface area contributed by atoms with Crippen molar-refractivity contribution in [3.05, 3.63) is 28.3 Å². The van der Waals surface area contributed by atoms with Gasteiger partial charge in [-0.2, -0.15) is 0 Å². The fraction of sp³-hybridized carbons (Fsp3) is 0.222. The standard InChI is InChI=1S/C9H11N3O5/c1-16-8-3-2-6(4-7(8)12(14)15)17-5-9(13)11-10/h2-4H,5,10H2,1H3,(H,11,13). The maximum absolute atomic E-state index is 10.8. The van der Waals surface area contributed by atoms with Gasteiger partial charge < -0.3 is 9.47 Å². The van der Waals surface area contributed by atoms with Crippen LogP contribution in [0.3, 0.4) is 0 Å².